The molecule has 0 aliphatic carbocycles. The first-order chi connectivity index (χ1) is 8.91. The molecule has 0 aromatic carbocycles. The van der Waals surface area contributed by atoms with Gasteiger partial charge in [0.25, 0.3) is 0 Å². The maximum Gasteiger partial charge on any atom is 0.129 e. The molecule has 4 heteroatoms. The number of anilines is 1. The number of hydrogen-bond acceptors (Lipinski definition) is 4. The Bertz CT molecular complexity index is 443. The minimum Gasteiger partial charge on any atom is -0.354 e. The highest BCUT2D eigenvalue weighted by atomic mass is 32.2. The van der Waals surface area contributed by atoms with Crippen molar-refractivity contribution in [2.45, 2.75) is 44.9 Å². The van der Waals surface area contributed by atoms with Gasteiger partial charge < -0.3 is 10.6 Å². The number of hydrogen-bond donors (Lipinski definition) is 1. The lowest BCUT2D eigenvalue weighted by Gasteiger charge is -2.38. The molecule has 1 aliphatic heterocycles. The molecule has 1 fully saturated rings. The molecule has 2 rings (SSSR count). The summed E-state index contributed by atoms with van der Waals surface area (Å²) in [5, 5.41) is 0. The van der Waals surface area contributed by atoms with Crippen molar-refractivity contribution in [1.29, 1.82) is 0 Å². The van der Waals surface area contributed by atoms with Crippen LogP contribution in [-0.2, 0) is 6.54 Å². The lowest BCUT2D eigenvalue weighted by molar-refractivity contribution is 0.639. The standard InChI is InChI=1S/C15H25N3S/c1-11(2)13-7-12(9-16)8-14(17-13)18-5-6-19-15(3,4)10-18/h7-8,11H,5-6,9-10,16H2,1-4H3. The van der Waals surface area contributed by atoms with E-state index < -0.39 is 0 Å². The van der Waals surface area contributed by atoms with Gasteiger partial charge in [0.05, 0.1) is 0 Å². The molecule has 0 saturated carbocycles. The minimum atomic E-state index is 0.302. The number of thioether (sulfide) groups is 1. The second-order valence-corrected chi connectivity index (χ2v) is 7.95. The summed E-state index contributed by atoms with van der Waals surface area (Å²) < 4.78 is 0.302. The predicted octanol–water partition coefficient (Wildman–Crippen LogP) is 3.00. The Morgan fingerprint density at radius 1 is 1.42 bits per heavy atom. The van der Waals surface area contributed by atoms with E-state index in [-0.39, 0.29) is 0 Å². The van der Waals surface area contributed by atoms with Gasteiger partial charge in [-0.15, -0.1) is 0 Å². The Balaban J connectivity index is 2.30. The first kappa shape index (κ1) is 14.7. The van der Waals surface area contributed by atoms with Crippen molar-refractivity contribution in [2.75, 3.05) is 23.7 Å². The van der Waals surface area contributed by atoms with E-state index >= 15 is 0 Å². The molecule has 0 bridgehead atoms. The van der Waals surface area contributed by atoms with Crippen LogP contribution in [0.4, 0.5) is 5.82 Å². The normalized spacial score (nSPS) is 18.9. The van der Waals surface area contributed by atoms with Crippen molar-refractivity contribution >= 4 is 17.6 Å². The molecule has 0 spiro atoms. The van der Waals surface area contributed by atoms with Gasteiger partial charge >= 0.3 is 0 Å². The number of rotatable bonds is 3. The largest absolute Gasteiger partial charge is 0.354 e. The molecule has 106 valence electrons. The zero-order valence-corrected chi connectivity index (χ0v) is 13.3. The van der Waals surface area contributed by atoms with Gasteiger partial charge in [0, 0.05) is 35.8 Å². The third-order valence-corrected chi connectivity index (χ3v) is 4.77. The lowest BCUT2D eigenvalue weighted by Crippen LogP contribution is -2.43. The average Bonchev–Trinajstić information content (AvgIpc) is 2.37. The van der Waals surface area contributed by atoms with Gasteiger partial charge in [-0.1, -0.05) is 13.8 Å². The quantitative estimate of drug-likeness (QED) is 0.923. The van der Waals surface area contributed by atoms with E-state index in [0.29, 0.717) is 17.2 Å². The molecule has 0 atom stereocenters. The fourth-order valence-electron chi connectivity index (χ4n) is 2.38. The third-order valence-electron chi connectivity index (χ3n) is 3.47. The first-order valence-corrected chi connectivity index (χ1v) is 8.00. The van der Waals surface area contributed by atoms with Crippen LogP contribution in [-0.4, -0.2) is 28.6 Å². The van der Waals surface area contributed by atoms with Gasteiger partial charge in [0.2, 0.25) is 0 Å². The van der Waals surface area contributed by atoms with Crippen molar-refractivity contribution in [3.8, 4) is 0 Å². The van der Waals surface area contributed by atoms with Crippen molar-refractivity contribution in [3.05, 3.63) is 23.4 Å². The molecule has 0 amide bonds. The molecule has 2 N–H and O–H groups in total. The highest BCUT2D eigenvalue weighted by Crippen LogP contribution is 2.32. The van der Waals surface area contributed by atoms with Crippen molar-refractivity contribution in [1.82, 2.24) is 4.98 Å². The first-order valence-electron chi connectivity index (χ1n) is 7.01. The van der Waals surface area contributed by atoms with E-state index in [1.165, 1.54) is 11.3 Å². The van der Waals surface area contributed by atoms with E-state index in [2.05, 4.69) is 44.7 Å². The summed E-state index contributed by atoms with van der Waals surface area (Å²) in [6, 6.07) is 4.29. The van der Waals surface area contributed by atoms with Crippen molar-refractivity contribution in [2.24, 2.45) is 5.73 Å². The molecule has 0 radical (unpaired) electrons. The SMILES string of the molecule is CC(C)c1cc(CN)cc(N2CCSC(C)(C)C2)n1. The van der Waals surface area contributed by atoms with Crippen LogP contribution in [0.2, 0.25) is 0 Å². The Hall–Kier alpha value is -0.740. The lowest BCUT2D eigenvalue weighted by atomic mass is 10.1. The number of nitrogens with zero attached hydrogens (tertiary/aromatic N) is 2. The van der Waals surface area contributed by atoms with Crippen molar-refractivity contribution in [3.63, 3.8) is 0 Å². The molecule has 1 aliphatic rings. The third kappa shape index (κ3) is 3.63. The minimum absolute atomic E-state index is 0.302. The van der Waals surface area contributed by atoms with Gasteiger partial charge in [-0.2, -0.15) is 11.8 Å². The van der Waals surface area contributed by atoms with Crippen LogP contribution < -0.4 is 10.6 Å². The fraction of sp³-hybridized carbons (Fsp3) is 0.667. The summed E-state index contributed by atoms with van der Waals surface area (Å²) >= 11 is 2.05. The van der Waals surface area contributed by atoms with E-state index in [4.69, 9.17) is 10.7 Å². The average molecular weight is 279 g/mol. The van der Waals surface area contributed by atoms with E-state index in [9.17, 15) is 0 Å². The molecular formula is C15H25N3S. The van der Waals surface area contributed by atoms with Crippen LogP contribution in [0.5, 0.6) is 0 Å². The monoisotopic (exact) mass is 279 g/mol. The molecule has 0 unspecified atom stereocenters. The summed E-state index contributed by atoms with van der Waals surface area (Å²) in [5.41, 5.74) is 8.15. The zero-order chi connectivity index (χ0) is 14.0. The van der Waals surface area contributed by atoms with Crippen LogP contribution >= 0.6 is 11.8 Å². The number of aromatic nitrogens is 1. The van der Waals surface area contributed by atoms with Crippen LogP contribution in [0.1, 0.15) is 44.9 Å². The summed E-state index contributed by atoms with van der Waals surface area (Å²) in [6.07, 6.45) is 0. The molecule has 1 saturated heterocycles. The summed E-state index contributed by atoms with van der Waals surface area (Å²) in [6.45, 7) is 11.7. The summed E-state index contributed by atoms with van der Waals surface area (Å²) in [5.74, 6) is 2.70. The second-order valence-electron chi connectivity index (χ2n) is 6.15. The van der Waals surface area contributed by atoms with E-state index in [1.54, 1.807) is 0 Å². The van der Waals surface area contributed by atoms with Gasteiger partial charge in [0.1, 0.15) is 5.82 Å². The topological polar surface area (TPSA) is 42.1 Å². The summed E-state index contributed by atoms with van der Waals surface area (Å²) in [4.78, 5) is 7.24. The maximum absolute atomic E-state index is 5.82. The predicted molar refractivity (Wildman–Crippen MR) is 85.0 cm³/mol. The Morgan fingerprint density at radius 2 is 2.16 bits per heavy atom. The Morgan fingerprint density at radius 3 is 2.74 bits per heavy atom. The van der Waals surface area contributed by atoms with Crippen molar-refractivity contribution < 1.29 is 0 Å². The fourth-order valence-corrected chi connectivity index (χ4v) is 3.49. The molecule has 19 heavy (non-hydrogen) atoms. The molecular weight excluding hydrogens is 254 g/mol. The molecule has 3 nitrogen and oxygen atoms in total. The van der Waals surface area contributed by atoms with Gasteiger partial charge in [0.15, 0.2) is 0 Å². The summed E-state index contributed by atoms with van der Waals surface area (Å²) in [7, 11) is 0. The van der Waals surface area contributed by atoms with Crippen LogP contribution in [0.3, 0.4) is 0 Å². The molecule has 2 heterocycles. The highest BCUT2D eigenvalue weighted by Gasteiger charge is 2.28. The molecule has 1 aromatic heterocycles. The van der Waals surface area contributed by atoms with Crippen LogP contribution in [0, 0.1) is 0 Å². The van der Waals surface area contributed by atoms with E-state index in [1.807, 2.05) is 11.8 Å². The van der Waals surface area contributed by atoms with Crippen LogP contribution in [0.25, 0.3) is 0 Å². The van der Waals surface area contributed by atoms with Gasteiger partial charge in [-0.25, -0.2) is 4.98 Å². The smallest absolute Gasteiger partial charge is 0.129 e. The van der Waals surface area contributed by atoms with Gasteiger partial charge in [-0.3, -0.25) is 0 Å². The number of pyridine rings is 1. The van der Waals surface area contributed by atoms with Gasteiger partial charge in [-0.05, 0) is 37.5 Å². The zero-order valence-electron chi connectivity index (χ0n) is 12.4. The Labute approximate surface area is 121 Å². The Kier molecular flexibility index (Phi) is 4.41. The second kappa shape index (κ2) is 5.71. The number of nitrogens with two attached hydrogens (primary N) is 1. The molecule has 1 aromatic rings. The van der Waals surface area contributed by atoms with E-state index in [0.717, 1.165) is 24.6 Å². The maximum atomic E-state index is 5.82. The highest BCUT2D eigenvalue weighted by molar-refractivity contribution is 8.00. The van der Waals surface area contributed by atoms with Crippen LogP contribution in [0.15, 0.2) is 12.1 Å².